The molecule has 0 bridgehead atoms. The molecule has 4 heterocycles. The number of ether oxygens (including phenoxy) is 1. The zero-order chi connectivity index (χ0) is 18.0. The van der Waals surface area contributed by atoms with Crippen LogP contribution in [0.5, 0.6) is 0 Å². The summed E-state index contributed by atoms with van der Waals surface area (Å²) in [7, 11) is 1.94. The quantitative estimate of drug-likeness (QED) is 0.897. The molecule has 0 radical (unpaired) electrons. The molecule has 138 valence electrons. The van der Waals surface area contributed by atoms with Gasteiger partial charge in [0.15, 0.2) is 0 Å². The fraction of sp³-hybridized carbons (Fsp3) is 0.526. The van der Waals surface area contributed by atoms with Gasteiger partial charge < -0.3 is 10.1 Å². The Hall–Kier alpha value is -2.25. The van der Waals surface area contributed by atoms with Crippen LogP contribution in [-0.2, 0) is 18.3 Å². The highest BCUT2D eigenvalue weighted by Gasteiger charge is 2.43. The van der Waals surface area contributed by atoms with E-state index in [2.05, 4.69) is 26.5 Å². The topological polar surface area (TPSA) is 72.3 Å². The lowest BCUT2D eigenvalue weighted by atomic mass is 9.89. The Balaban J connectivity index is 1.35. The van der Waals surface area contributed by atoms with Gasteiger partial charge in [-0.2, -0.15) is 5.10 Å². The minimum atomic E-state index is -0.145. The number of carbonyl (C=O) groups excluding carboxylic acids is 1. The SMILES string of the molecule is Cn1cc(CN2CC[C@]3(C[C@H](NC(=O)c4cccnc4)CCO3)C2)cn1. The second kappa shape index (κ2) is 7.17. The number of nitrogens with zero attached hydrogens (tertiary/aromatic N) is 4. The predicted molar refractivity (Wildman–Crippen MR) is 96.5 cm³/mol. The van der Waals surface area contributed by atoms with Gasteiger partial charge in [-0.15, -0.1) is 0 Å². The van der Waals surface area contributed by atoms with E-state index in [1.54, 1.807) is 24.5 Å². The van der Waals surface area contributed by atoms with Gasteiger partial charge in [0.2, 0.25) is 0 Å². The first-order valence-corrected chi connectivity index (χ1v) is 9.17. The average molecular weight is 355 g/mol. The molecule has 2 aliphatic rings. The maximum absolute atomic E-state index is 12.4. The summed E-state index contributed by atoms with van der Waals surface area (Å²) in [5.74, 6) is -0.0506. The summed E-state index contributed by atoms with van der Waals surface area (Å²) in [4.78, 5) is 18.9. The van der Waals surface area contributed by atoms with Gasteiger partial charge in [0, 0.05) is 63.5 Å². The van der Waals surface area contributed by atoms with Crippen molar-refractivity contribution >= 4 is 5.91 Å². The normalized spacial score (nSPS) is 26.3. The minimum absolute atomic E-state index is 0.0506. The fourth-order valence-electron chi connectivity index (χ4n) is 4.08. The van der Waals surface area contributed by atoms with Crippen LogP contribution in [0.4, 0.5) is 0 Å². The van der Waals surface area contributed by atoms with E-state index >= 15 is 0 Å². The molecule has 26 heavy (non-hydrogen) atoms. The van der Waals surface area contributed by atoms with Crippen molar-refractivity contribution in [3.05, 3.63) is 48.0 Å². The monoisotopic (exact) mass is 355 g/mol. The van der Waals surface area contributed by atoms with Crippen LogP contribution in [-0.4, -0.2) is 56.9 Å². The van der Waals surface area contributed by atoms with Crippen LogP contribution in [0.3, 0.4) is 0 Å². The summed E-state index contributed by atoms with van der Waals surface area (Å²) in [5.41, 5.74) is 1.69. The molecule has 4 rings (SSSR count). The molecule has 1 spiro atoms. The lowest BCUT2D eigenvalue weighted by Crippen LogP contribution is -2.49. The standard InChI is InChI=1S/C19H25N5O2/c1-23-12-15(10-21-23)13-24-7-5-19(14-24)9-17(4-8-26-19)22-18(25)16-3-2-6-20-11-16/h2-3,6,10-12,17H,4-5,7-9,13-14H2,1H3,(H,22,25)/t17-,19+/m1/s1. The summed E-state index contributed by atoms with van der Waals surface area (Å²) in [5, 5.41) is 7.41. The minimum Gasteiger partial charge on any atom is -0.373 e. The number of rotatable bonds is 4. The van der Waals surface area contributed by atoms with Gasteiger partial charge in [-0.05, 0) is 31.4 Å². The summed E-state index contributed by atoms with van der Waals surface area (Å²) < 4.78 is 8.03. The smallest absolute Gasteiger partial charge is 0.253 e. The van der Waals surface area contributed by atoms with Crippen LogP contribution >= 0.6 is 0 Å². The molecule has 2 saturated heterocycles. The Morgan fingerprint density at radius 3 is 3.15 bits per heavy atom. The number of hydrogen-bond donors (Lipinski definition) is 1. The van der Waals surface area contributed by atoms with Gasteiger partial charge in [0.25, 0.3) is 5.91 Å². The Morgan fingerprint density at radius 2 is 2.38 bits per heavy atom. The van der Waals surface area contributed by atoms with Gasteiger partial charge in [0.05, 0.1) is 17.4 Å². The van der Waals surface area contributed by atoms with Gasteiger partial charge in [-0.25, -0.2) is 0 Å². The first-order valence-electron chi connectivity index (χ1n) is 9.17. The number of likely N-dealkylation sites (tertiary alicyclic amines) is 1. The molecular weight excluding hydrogens is 330 g/mol. The molecule has 7 heteroatoms. The van der Waals surface area contributed by atoms with E-state index in [0.29, 0.717) is 12.2 Å². The van der Waals surface area contributed by atoms with Gasteiger partial charge in [-0.3, -0.25) is 19.4 Å². The van der Waals surface area contributed by atoms with E-state index in [9.17, 15) is 4.79 Å². The lowest BCUT2D eigenvalue weighted by molar-refractivity contribution is -0.0793. The summed E-state index contributed by atoms with van der Waals surface area (Å²) >= 11 is 0. The van der Waals surface area contributed by atoms with Crippen LogP contribution in [0, 0.1) is 0 Å². The third kappa shape index (κ3) is 3.78. The van der Waals surface area contributed by atoms with E-state index in [0.717, 1.165) is 38.9 Å². The Labute approximate surface area is 153 Å². The van der Waals surface area contributed by atoms with E-state index in [-0.39, 0.29) is 17.6 Å². The Kier molecular flexibility index (Phi) is 4.74. The van der Waals surface area contributed by atoms with Crippen molar-refractivity contribution in [2.24, 2.45) is 7.05 Å². The molecule has 1 amide bonds. The van der Waals surface area contributed by atoms with Crippen LogP contribution in [0.15, 0.2) is 36.9 Å². The van der Waals surface area contributed by atoms with Crippen LogP contribution in [0.1, 0.15) is 35.2 Å². The first-order chi connectivity index (χ1) is 12.6. The van der Waals surface area contributed by atoms with Gasteiger partial charge in [0.1, 0.15) is 0 Å². The zero-order valence-electron chi connectivity index (χ0n) is 15.1. The lowest BCUT2D eigenvalue weighted by Gasteiger charge is -2.38. The number of amides is 1. The maximum atomic E-state index is 12.4. The van der Waals surface area contributed by atoms with E-state index in [4.69, 9.17) is 4.74 Å². The number of aromatic nitrogens is 3. The van der Waals surface area contributed by atoms with Crippen molar-refractivity contribution in [2.75, 3.05) is 19.7 Å². The molecule has 0 unspecified atom stereocenters. The van der Waals surface area contributed by atoms with Crippen molar-refractivity contribution in [3.8, 4) is 0 Å². The number of hydrogen-bond acceptors (Lipinski definition) is 5. The highest BCUT2D eigenvalue weighted by molar-refractivity contribution is 5.94. The Bertz CT molecular complexity index is 762. The van der Waals surface area contributed by atoms with Crippen LogP contribution in [0.2, 0.25) is 0 Å². The van der Waals surface area contributed by atoms with Crippen molar-refractivity contribution in [2.45, 2.75) is 37.5 Å². The van der Waals surface area contributed by atoms with Gasteiger partial charge >= 0.3 is 0 Å². The summed E-state index contributed by atoms with van der Waals surface area (Å²) in [6.45, 7) is 3.50. The molecule has 2 aliphatic heterocycles. The van der Waals surface area contributed by atoms with Crippen LogP contribution < -0.4 is 5.32 Å². The average Bonchev–Trinajstić information content (AvgIpc) is 3.22. The molecule has 0 aliphatic carbocycles. The van der Waals surface area contributed by atoms with E-state index in [1.165, 1.54) is 5.56 Å². The highest BCUT2D eigenvalue weighted by atomic mass is 16.5. The second-order valence-electron chi connectivity index (χ2n) is 7.42. The first kappa shape index (κ1) is 17.2. The Morgan fingerprint density at radius 1 is 1.46 bits per heavy atom. The summed E-state index contributed by atoms with van der Waals surface area (Å²) in [6.07, 6.45) is 9.99. The molecule has 7 nitrogen and oxygen atoms in total. The number of aryl methyl sites for hydroxylation is 1. The van der Waals surface area contributed by atoms with Crippen molar-refractivity contribution in [3.63, 3.8) is 0 Å². The third-order valence-corrected chi connectivity index (χ3v) is 5.31. The largest absolute Gasteiger partial charge is 0.373 e. The predicted octanol–water partition coefficient (Wildman–Crippen LogP) is 1.37. The molecule has 2 atom stereocenters. The molecule has 2 aromatic rings. The van der Waals surface area contributed by atoms with Gasteiger partial charge in [-0.1, -0.05) is 0 Å². The number of nitrogens with one attached hydrogen (secondary N) is 1. The second-order valence-corrected chi connectivity index (χ2v) is 7.42. The molecule has 1 N–H and O–H groups in total. The maximum Gasteiger partial charge on any atom is 0.253 e. The fourth-order valence-corrected chi connectivity index (χ4v) is 4.08. The van der Waals surface area contributed by atoms with Crippen molar-refractivity contribution in [1.82, 2.24) is 25.0 Å². The molecular formula is C19H25N5O2. The summed E-state index contributed by atoms with van der Waals surface area (Å²) in [6, 6.07) is 3.73. The third-order valence-electron chi connectivity index (χ3n) is 5.31. The van der Waals surface area contributed by atoms with Crippen molar-refractivity contribution < 1.29 is 9.53 Å². The molecule has 0 saturated carbocycles. The highest BCUT2D eigenvalue weighted by Crippen LogP contribution is 2.35. The van der Waals surface area contributed by atoms with Crippen LogP contribution in [0.25, 0.3) is 0 Å². The number of carbonyl (C=O) groups is 1. The van der Waals surface area contributed by atoms with Crippen molar-refractivity contribution in [1.29, 1.82) is 0 Å². The zero-order valence-corrected chi connectivity index (χ0v) is 15.1. The van der Waals surface area contributed by atoms with E-state index in [1.807, 2.05) is 17.9 Å². The number of pyridine rings is 1. The molecule has 0 aromatic carbocycles. The molecule has 2 fully saturated rings. The van der Waals surface area contributed by atoms with E-state index < -0.39 is 0 Å². The molecule has 2 aromatic heterocycles.